The Morgan fingerprint density at radius 3 is 2.59 bits per heavy atom. The number of benzene rings is 2. The molecule has 0 spiro atoms. The van der Waals surface area contributed by atoms with Crippen molar-refractivity contribution in [3.05, 3.63) is 70.2 Å². The lowest BCUT2D eigenvalue weighted by molar-refractivity contribution is -0.142. The number of methoxy groups -OCH3 is 1. The molecule has 1 amide bonds. The Morgan fingerprint density at radius 1 is 1.19 bits per heavy atom. The zero-order valence-corrected chi connectivity index (χ0v) is 23.0. The number of anilines is 1. The van der Waals surface area contributed by atoms with Crippen molar-refractivity contribution >= 4 is 46.2 Å². The van der Waals surface area contributed by atoms with Crippen LogP contribution in [0.25, 0.3) is 11.1 Å². The predicted octanol–water partition coefficient (Wildman–Crippen LogP) is 5.38. The van der Waals surface area contributed by atoms with Gasteiger partial charge in [-0.15, -0.1) is 11.3 Å². The van der Waals surface area contributed by atoms with Crippen molar-refractivity contribution in [2.75, 3.05) is 25.5 Å². The van der Waals surface area contributed by atoms with Gasteiger partial charge in [-0.05, 0) is 56.1 Å². The van der Waals surface area contributed by atoms with Gasteiger partial charge in [0.1, 0.15) is 11.7 Å². The summed E-state index contributed by atoms with van der Waals surface area (Å²) in [6, 6.07) is 15.6. The van der Waals surface area contributed by atoms with E-state index in [0.29, 0.717) is 17.2 Å². The third-order valence-corrected chi connectivity index (χ3v) is 7.97. The summed E-state index contributed by atoms with van der Waals surface area (Å²) in [5.74, 6) is -0.248. The van der Waals surface area contributed by atoms with Crippen LogP contribution >= 0.6 is 23.6 Å². The minimum absolute atomic E-state index is 0.209. The molecule has 2 heterocycles. The zero-order valence-electron chi connectivity index (χ0n) is 21.3. The standard InChI is InChI=1S/C28H32N4O3S2/c1-4-22(27(34)35-3)31-28(36)32-14-12-20(13-15-32)26-30-24(17-37-26)25(33)29-23-11-10-18(2)16-21(23)19-8-6-5-7-9-19/h5-11,16-17,20,22H,4,12-15H2,1-3H3,(H,29,33)(H,31,36). The van der Waals surface area contributed by atoms with Crippen molar-refractivity contribution in [3.63, 3.8) is 0 Å². The average Bonchev–Trinajstić information content (AvgIpc) is 3.43. The van der Waals surface area contributed by atoms with Crippen LogP contribution in [0.5, 0.6) is 0 Å². The molecule has 7 nitrogen and oxygen atoms in total. The van der Waals surface area contributed by atoms with Gasteiger partial charge in [0.15, 0.2) is 5.11 Å². The van der Waals surface area contributed by atoms with E-state index < -0.39 is 6.04 Å². The molecule has 9 heteroatoms. The fourth-order valence-corrected chi connectivity index (χ4v) is 5.73. The summed E-state index contributed by atoms with van der Waals surface area (Å²) in [6.07, 6.45) is 2.35. The summed E-state index contributed by atoms with van der Waals surface area (Å²) in [6.45, 7) is 5.49. The number of rotatable bonds is 7. The van der Waals surface area contributed by atoms with Gasteiger partial charge < -0.3 is 20.3 Å². The summed E-state index contributed by atoms with van der Waals surface area (Å²) in [7, 11) is 1.38. The predicted molar refractivity (Wildman–Crippen MR) is 152 cm³/mol. The molecule has 37 heavy (non-hydrogen) atoms. The average molecular weight is 537 g/mol. The van der Waals surface area contributed by atoms with E-state index in [1.165, 1.54) is 18.4 Å². The van der Waals surface area contributed by atoms with Gasteiger partial charge in [0, 0.05) is 35.6 Å². The quantitative estimate of drug-likeness (QED) is 0.310. The van der Waals surface area contributed by atoms with Crippen LogP contribution in [-0.4, -0.2) is 53.1 Å². The number of nitrogens with zero attached hydrogens (tertiary/aromatic N) is 2. The van der Waals surface area contributed by atoms with Gasteiger partial charge in [0.25, 0.3) is 5.91 Å². The van der Waals surface area contributed by atoms with E-state index in [0.717, 1.165) is 53.3 Å². The molecule has 1 aliphatic rings. The van der Waals surface area contributed by atoms with Crippen molar-refractivity contribution in [1.29, 1.82) is 0 Å². The molecule has 1 saturated heterocycles. The van der Waals surface area contributed by atoms with Crippen molar-refractivity contribution in [3.8, 4) is 11.1 Å². The SMILES string of the molecule is CCC(NC(=S)N1CCC(c2nc(C(=O)Nc3ccc(C)cc3-c3ccccc3)cs2)CC1)C(=O)OC. The molecule has 1 atom stereocenters. The minimum atomic E-state index is -0.439. The second kappa shape index (κ2) is 12.3. The van der Waals surface area contributed by atoms with Gasteiger partial charge in [-0.3, -0.25) is 4.79 Å². The monoisotopic (exact) mass is 536 g/mol. The highest BCUT2D eigenvalue weighted by atomic mass is 32.1. The van der Waals surface area contributed by atoms with Gasteiger partial charge in [0.2, 0.25) is 0 Å². The van der Waals surface area contributed by atoms with Crippen molar-refractivity contribution in [1.82, 2.24) is 15.2 Å². The molecular weight excluding hydrogens is 504 g/mol. The molecule has 1 fully saturated rings. The number of carbonyl (C=O) groups is 2. The molecular formula is C28H32N4O3S2. The number of nitrogens with one attached hydrogen (secondary N) is 2. The van der Waals surface area contributed by atoms with Crippen LogP contribution in [0.15, 0.2) is 53.9 Å². The molecule has 1 aliphatic heterocycles. The Labute approximate surface area is 227 Å². The third-order valence-electron chi connectivity index (χ3n) is 6.59. The maximum absolute atomic E-state index is 13.1. The first-order chi connectivity index (χ1) is 17.9. The number of piperidine rings is 1. The largest absolute Gasteiger partial charge is 0.467 e. The number of amides is 1. The van der Waals surface area contributed by atoms with Crippen LogP contribution in [0, 0.1) is 6.92 Å². The van der Waals surface area contributed by atoms with Crippen LogP contribution in [0.3, 0.4) is 0 Å². The van der Waals surface area contributed by atoms with Gasteiger partial charge >= 0.3 is 5.97 Å². The lowest BCUT2D eigenvalue weighted by Crippen LogP contribution is -2.49. The molecule has 0 aliphatic carbocycles. The zero-order chi connectivity index (χ0) is 26.4. The van der Waals surface area contributed by atoms with Crippen molar-refractivity contribution < 1.29 is 14.3 Å². The topological polar surface area (TPSA) is 83.6 Å². The molecule has 3 aromatic rings. The van der Waals surface area contributed by atoms with Gasteiger partial charge in [-0.1, -0.05) is 48.9 Å². The van der Waals surface area contributed by atoms with Gasteiger partial charge in [-0.25, -0.2) is 9.78 Å². The number of thiocarbonyl (C=S) groups is 1. The van der Waals surface area contributed by atoms with E-state index in [-0.39, 0.29) is 17.8 Å². The summed E-state index contributed by atoms with van der Waals surface area (Å²) < 4.78 is 4.84. The number of hydrogen-bond acceptors (Lipinski definition) is 6. The normalized spacial score (nSPS) is 14.6. The molecule has 194 valence electrons. The smallest absolute Gasteiger partial charge is 0.328 e. The van der Waals surface area contributed by atoms with E-state index >= 15 is 0 Å². The second-order valence-corrected chi connectivity index (χ2v) is 10.4. The number of hydrogen-bond donors (Lipinski definition) is 2. The molecule has 4 rings (SSSR count). The lowest BCUT2D eigenvalue weighted by Gasteiger charge is -2.34. The first-order valence-electron chi connectivity index (χ1n) is 12.5. The van der Waals surface area contributed by atoms with Crippen molar-refractivity contribution in [2.45, 2.75) is 45.1 Å². The van der Waals surface area contributed by atoms with Crippen LogP contribution < -0.4 is 10.6 Å². The lowest BCUT2D eigenvalue weighted by atomic mass is 9.98. The van der Waals surface area contributed by atoms with E-state index in [9.17, 15) is 9.59 Å². The number of thiazole rings is 1. The molecule has 2 N–H and O–H groups in total. The van der Waals surface area contributed by atoms with E-state index in [1.54, 1.807) is 0 Å². The van der Waals surface area contributed by atoms with E-state index in [1.807, 2.05) is 61.7 Å². The fourth-order valence-electron chi connectivity index (χ4n) is 4.43. The van der Waals surface area contributed by atoms with Crippen LogP contribution in [0.1, 0.15) is 53.2 Å². The van der Waals surface area contributed by atoms with Crippen molar-refractivity contribution in [2.24, 2.45) is 0 Å². The van der Waals surface area contributed by atoms with Crippen LogP contribution in [-0.2, 0) is 9.53 Å². The Bertz CT molecular complexity index is 1250. The highest BCUT2D eigenvalue weighted by Gasteiger charge is 2.27. The minimum Gasteiger partial charge on any atom is -0.467 e. The Morgan fingerprint density at radius 2 is 1.92 bits per heavy atom. The third kappa shape index (κ3) is 6.53. The summed E-state index contributed by atoms with van der Waals surface area (Å²) >= 11 is 7.06. The summed E-state index contributed by atoms with van der Waals surface area (Å²) in [5.41, 5.74) is 4.37. The van der Waals surface area contributed by atoms with E-state index in [4.69, 9.17) is 21.9 Å². The Balaban J connectivity index is 1.37. The maximum atomic E-state index is 13.1. The second-order valence-electron chi connectivity index (χ2n) is 9.13. The number of aromatic nitrogens is 1. The number of likely N-dealkylation sites (tertiary alicyclic amines) is 1. The number of carbonyl (C=O) groups excluding carboxylic acids is 2. The molecule has 1 aromatic heterocycles. The van der Waals surface area contributed by atoms with Crippen LogP contribution in [0.2, 0.25) is 0 Å². The van der Waals surface area contributed by atoms with Gasteiger partial charge in [0.05, 0.1) is 12.1 Å². The van der Waals surface area contributed by atoms with Crippen LogP contribution in [0.4, 0.5) is 5.69 Å². The number of aryl methyl sites for hydroxylation is 1. The molecule has 1 unspecified atom stereocenters. The van der Waals surface area contributed by atoms with Gasteiger partial charge in [-0.2, -0.15) is 0 Å². The Kier molecular flexibility index (Phi) is 8.89. The fraction of sp³-hybridized carbons (Fsp3) is 0.357. The summed E-state index contributed by atoms with van der Waals surface area (Å²) in [4.78, 5) is 31.7. The molecule has 0 radical (unpaired) electrons. The maximum Gasteiger partial charge on any atom is 0.328 e. The summed E-state index contributed by atoms with van der Waals surface area (Å²) in [5, 5.41) is 9.56. The molecule has 0 saturated carbocycles. The Hall–Kier alpha value is -3.30. The first-order valence-corrected chi connectivity index (χ1v) is 13.7. The number of esters is 1. The number of ether oxygens (including phenoxy) is 1. The highest BCUT2D eigenvalue weighted by molar-refractivity contribution is 7.80. The molecule has 2 aromatic carbocycles. The molecule has 0 bridgehead atoms. The van der Waals surface area contributed by atoms with E-state index in [2.05, 4.69) is 21.6 Å². The highest BCUT2D eigenvalue weighted by Crippen LogP contribution is 2.32. The first kappa shape index (κ1) is 26.8.